The molecule has 7 heavy (non-hydrogen) atoms. The van der Waals surface area contributed by atoms with Gasteiger partial charge in [-0.05, 0) is 18.1 Å². The van der Waals surface area contributed by atoms with Gasteiger partial charge in [-0.3, -0.25) is 0 Å². The van der Waals surface area contributed by atoms with Gasteiger partial charge in [0.2, 0.25) is 0 Å². The zero-order valence-electron chi connectivity index (χ0n) is 4.85. The van der Waals surface area contributed by atoms with Gasteiger partial charge in [-0.1, -0.05) is 13.8 Å². The lowest BCUT2D eigenvalue weighted by Crippen LogP contribution is -2.00. The van der Waals surface area contributed by atoms with Gasteiger partial charge in [0, 0.05) is 5.25 Å². The van der Waals surface area contributed by atoms with E-state index in [2.05, 4.69) is 20.3 Å². The van der Waals surface area contributed by atoms with Crippen LogP contribution >= 0.6 is 11.8 Å². The molecule has 1 fully saturated rings. The van der Waals surface area contributed by atoms with E-state index in [9.17, 15) is 0 Å². The van der Waals surface area contributed by atoms with Gasteiger partial charge < -0.3 is 0 Å². The average Bonchev–Trinajstić information content (AvgIpc) is 1.91. The molecule has 1 aliphatic heterocycles. The molecule has 1 saturated heterocycles. The Morgan fingerprint density at radius 2 is 2.29 bits per heavy atom. The molecule has 0 aromatic carbocycles. The summed E-state index contributed by atoms with van der Waals surface area (Å²) in [4.78, 5) is 0. The van der Waals surface area contributed by atoms with Crippen LogP contribution in [0.5, 0.6) is 0 Å². The third-order valence-electron chi connectivity index (χ3n) is 1.57. The second-order valence-electron chi connectivity index (χ2n) is 2.13. The normalized spacial score (nSPS) is 42.0. The van der Waals surface area contributed by atoms with Crippen LogP contribution < -0.4 is 0 Å². The van der Waals surface area contributed by atoms with Crippen molar-refractivity contribution < 1.29 is 0 Å². The smallest absolute Gasteiger partial charge is 0.00475 e. The third kappa shape index (κ3) is 1.12. The van der Waals surface area contributed by atoms with Crippen molar-refractivity contribution in [1.82, 2.24) is 0 Å². The van der Waals surface area contributed by atoms with E-state index in [1.165, 1.54) is 5.75 Å². The maximum absolute atomic E-state index is 2.38. The molecule has 1 rings (SSSR count). The molecular weight excluding hydrogens is 104 g/mol. The second kappa shape index (κ2) is 2.08. The summed E-state index contributed by atoms with van der Waals surface area (Å²) >= 11 is 2.05. The highest BCUT2D eigenvalue weighted by Gasteiger charge is 2.18. The first kappa shape index (κ1) is 5.49. The first-order valence-corrected chi connectivity index (χ1v) is 3.80. The molecule has 0 saturated carbocycles. The lowest BCUT2D eigenvalue weighted by molar-refractivity contribution is 0.692. The highest BCUT2D eigenvalue weighted by atomic mass is 32.2. The van der Waals surface area contributed by atoms with Crippen LogP contribution in [0.1, 0.15) is 13.8 Å². The van der Waals surface area contributed by atoms with E-state index in [0.29, 0.717) is 0 Å². The molecule has 0 amide bonds. The highest BCUT2D eigenvalue weighted by Crippen LogP contribution is 2.29. The largest absolute Gasteiger partial charge is 0.158 e. The Bertz CT molecular complexity index is 53.2. The first-order chi connectivity index (χ1) is 3.30. The number of thioether (sulfide) groups is 1. The lowest BCUT2D eigenvalue weighted by Gasteiger charge is -2.03. The summed E-state index contributed by atoms with van der Waals surface area (Å²) in [5.74, 6) is 2.12. The molecule has 1 aliphatic rings. The Balaban J connectivity index is 2.33. The van der Waals surface area contributed by atoms with Gasteiger partial charge in [0.05, 0.1) is 0 Å². The van der Waals surface area contributed by atoms with Gasteiger partial charge in [-0.25, -0.2) is 0 Å². The van der Waals surface area contributed by atoms with Crippen molar-refractivity contribution >= 4 is 11.8 Å². The second-order valence-corrected chi connectivity index (χ2v) is 3.54. The van der Waals surface area contributed by atoms with Gasteiger partial charge in [0.25, 0.3) is 0 Å². The molecule has 41 valence electrons. The zero-order chi connectivity index (χ0) is 5.28. The fraction of sp³-hybridized carbons (Fsp3) is 0.833. The minimum Gasteiger partial charge on any atom is -0.158 e. The van der Waals surface area contributed by atoms with Gasteiger partial charge in [0.15, 0.2) is 0 Å². The van der Waals surface area contributed by atoms with Gasteiger partial charge >= 0.3 is 0 Å². The van der Waals surface area contributed by atoms with Crippen molar-refractivity contribution in [3.63, 3.8) is 0 Å². The Kier molecular flexibility index (Phi) is 1.63. The van der Waals surface area contributed by atoms with E-state index in [1.807, 2.05) is 11.8 Å². The lowest BCUT2D eigenvalue weighted by atomic mass is 10.1. The van der Waals surface area contributed by atoms with Crippen LogP contribution in [-0.2, 0) is 0 Å². The van der Waals surface area contributed by atoms with E-state index in [0.717, 1.165) is 11.2 Å². The van der Waals surface area contributed by atoms with Crippen molar-refractivity contribution in [2.75, 3.05) is 5.75 Å². The average molecular weight is 115 g/mol. The van der Waals surface area contributed by atoms with Gasteiger partial charge in [0.1, 0.15) is 0 Å². The Labute approximate surface area is 49.7 Å². The first-order valence-electron chi connectivity index (χ1n) is 2.75. The van der Waals surface area contributed by atoms with E-state index < -0.39 is 0 Å². The number of rotatable bonds is 0. The van der Waals surface area contributed by atoms with Crippen LogP contribution in [0.4, 0.5) is 0 Å². The van der Waals surface area contributed by atoms with E-state index in [1.54, 1.807) is 0 Å². The number of hydrogen-bond acceptors (Lipinski definition) is 1. The van der Waals surface area contributed by atoms with Crippen LogP contribution in [0, 0.1) is 12.3 Å². The van der Waals surface area contributed by atoms with Gasteiger partial charge in [-0.2, -0.15) is 11.8 Å². The van der Waals surface area contributed by atoms with Crippen molar-refractivity contribution in [2.24, 2.45) is 5.92 Å². The minimum atomic E-state index is 0.852. The summed E-state index contributed by atoms with van der Waals surface area (Å²) in [6, 6.07) is 0. The van der Waals surface area contributed by atoms with E-state index >= 15 is 0 Å². The topological polar surface area (TPSA) is 0 Å². The molecule has 2 unspecified atom stereocenters. The zero-order valence-corrected chi connectivity index (χ0v) is 5.66. The monoisotopic (exact) mass is 115 g/mol. The molecule has 0 bridgehead atoms. The Morgan fingerprint density at radius 3 is 2.43 bits per heavy atom. The molecule has 1 heteroatoms. The van der Waals surface area contributed by atoms with Crippen LogP contribution in [0.15, 0.2) is 0 Å². The van der Waals surface area contributed by atoms with Crippen molar-refractivity contribution in [3.05, 3.63) is 6.42 Å². The molecule has 0 aliphatic carbocycles. The summed E-state index contributed by atoms with van der Waals surface area (Å²) in [7, 11) is 0. The molecule has 0 nitrogen and oxygen atoms in total. The van der Waals surface area contributed by atoms with Crippen LogP contribution in [0.25, 0.3) is 0 Å². The van der Waals surface area contributed by atoms with E-state index in [-0.39, 0.29) is 0 Å². The quantitative estimate of drug-likeness (QED) is 0.465. The summed E-state index contributed by atoms with van der Waals surface area (Å²) in [5.41, 5.74) is 0. The van der Waals surface area contributed by atoms with Crippen molar-refractivity contribution in [2.45, 2.75) is 19.1 Å². The molecule has 0 spiro atoms. The molecule has 2 atom stereocenters. The maximum atomic E-state index is 2.38. The predicted octanol–water partition coefficient (Wildman–Crippen LogP) is 1.96. The molecule has 0 N–H and O–H groups in total. The molecule has 0 aromatic rings. The van der Waals surface area contributed by atoms with Crippen LogP contribution in [0.2, 0.25) is 0 Å². The Morgan fingerprint density at radius 1 is 1.57 bits per heavy atom. The molecule has 1 radical (unpaired) electrons. The fourth-order valence-electron chi connectivity index (χ4n) is 0.703. The summed E-state index contributed by atoms with van der Waals surface area (Å²) in [6.07, 6.45) is 2.38. The number of hydrogen-bond donors (Lipinski definition) is 0. The predicted molar refractivity (Wildman–Crippen MR) is 35.4 cm³/mol. The van der Waals surface area contributed by atoms with Gasteiger partial charge in [-0.15, -0.1) is 0 Å². The SMILES string of the molecule is CC1[CH]CSC1C. The van der Waals surface area contributed by atoms with Crippen LogP contribution in [-0.4, -0.2) is 11.0 Å². The van der Waals surface area contributed by atoms with Crippen LogP contribution in [0.3, 0.4) is 0 Å². The third-order valence-corrected chi connectivity index (χ3v) is 2.91. The van der Waals surface area contributed by atoms with Crippen molar-refractivity contribution in [1.29, 1.82) is 0 Å². The maximum Gasteiger partial charge on any atom is 0.00475 e. The Hall–Kier alpha value is 0.350. The van der Waals surface area contributed by atoms with E-state index in [4.69, 9.17) is 0 Å². The highest BCUT2D eigenvalue weighted by molar-refractivity contribution is 8.00. The summed E-state index contributed by atoms with van der Waals surface area (Å²) in [5, 5.41) is 0.875. The molecule has 0 aromatic heterocycles. The molecular formula is C6H11S. The fourth-order valence-corrected chi connectivity index (χ4v) is 1.84. The van der Waals surface area contributed by atoms with Crippen molar-refractivity contribution in [3.8, 4) is 0 Å². The minimum absolute atomic E-state index is 0.852. The molecule has 1 heterocycles. The summed E-state index contributed by atoms with van der Waals surface area (Å²) < 4.78 is 0. The summed E-state index contributed by atoms with van der Waals surface area (Å²) in [6.45, 7) is 4.57. The standard InChI is InChI=1S/C6H11S/c1-5-3-4-7-6(5)2/h3,5-6H,4H2,1-2H3.